The molecule has 0 radical (unpaired) electrons. The molecule has 0 fully saturated rings. The van der Waals surface area contributed by atoms with Crippen molar-refractivity contribution in [1.29, 1.82) is 0 Å². The molecule has 0 heterocycles. The Hall–Kier alpha value is -1.37. The molecule has 0 amide bonds. The molecule has 1 heteroatoms. The number of hydrogen-bond acceptors (Lipinski definition) is 0. The molecule has 2 aliphatic rings. The van der Waals surface area contributed by atoms with Crippen molar-refractivity contribution in [2.45, 2.75) is 12.8 Å². The third-order valence-corrected chi connectivity index (χ3v) is 2.01. The number of rotatable bonds is 0. The first-order chi connectivity index (χ1) is 9.39. The summed E-state index contributed by atoms with van der Waals surface area (Å²) in [5.41, 5.74) is 1.07. The molecule has 2 aliphatic carbocycles. The van der Waals surface area contributed by atoms with E-state index < -0.39 is 0 Å². The first-order valence-corrected chi connectivity index (χ1v) is 7.16. The van der Waals surface area contributed by atoms with Gasteiger partial charge in [-0.25, -0.2) is 24.3 Å². The predicted molar refractivity (Wildman–Crippen MR) is 81.2 cm³/mol. The van der Waals surface area contributed by atoms with Gasteiger partial charge in [-0.15, -0.1) is 25.0 Å². The van der Waals surface area contributed by atoms with Gasteiger partial charge in [0.1, 0.15) is 0 Å². The summed E-state index contributed by atoms with van der Waals surface area (Å²) in [6.07, 6.45) is 20.0. The summed E-state index contributed by atoms with van der Waals surface area (Å²) in [6.45, 7) is 3.72. The van der Waals surface area contributed by atoms with E-state index >= 15 is 0 Å². The van der Waals surface area contributed by atoms with Crippen LogP contribution in [0.25, 0.3) is 0 Å². The Morgan fingerprint density at radius 2 is 1.37 bits per heavy atom. The zero-order valence-corrected chi connectivity index (χ0v) is 12.7. The molecule has 0 spiro atoms. The maximum absolute atomic E-state index is 3.72. The Bertz CT molecular complexity index is 369. The van der Waals surface area contributed by atoms with Crippen molar-refractivity contribution >= 4 is 4.82 Å². The molecule has 0 atom stereocenters. The average molecular weight is 283 g/mol. The predicted octanol–water partition coefficient (Wildman–Crippen LogP) is 4.45. The average Bonchev–Trinajstić information content (AvgIpc) is 3.20. The van der Waals surface area contributed by atoms with Crippen LogP contribution in [-0.4, -0.2) is 4.82 Å². The fourth-order valence-electron chi connectivity index (χ4n) is 1.16. The summed E-state index contributed by atoms with van der Waals surface area (Å²) >= 11 is 1.75. The van der Waals surface area contributed by atoms with Crippen LogP contribution in [0.2, 0.25) is 0 Å². The summed E-state index contributed by atoms with van der Waals surface area (Å²) in [4.78, 5) is 3.25. The maximum atomic E-state index is 3.72. The van der Waals surface area contributed by atoms with E-state index in [0.29, 0.717) is 0 Å². The van der Waals surface area contributed by atoms with Crippen molar-refractivity contribution in [2.24, 2.45) is 0 Å². The van der Waals surface area contributed by atoms with Gasteiger partial charge in [0, 0.05) is 0 Å². The fraction of sp³-hybridized carbons (Fsp3) is 0.111. The van der Waals surface area contributed by atoms with Gasteiger partial charge in [-0.3, -0.25) is 12.2 Å². The van der Waals surface area contributed by atoms with E-state index in [1.807, 2.05) is 54.6 Å². The second kappa shape index (κ2) is 14.7. The van der Waals surface area contributed by atoms with E-state index in [1.54, 1.807) is 20.0 Å². The summed E-state index contributed by atoms with van der Waals surface area (Å²) in [6, 6.07) is 9.87. The molecular formula is C18H19Ti-3. The SMILES string of the molecule is [C-]1=CC=CC1.[C-]1=CC=CC1.[CH2-]c1ccccc1.[CH2]=[Ti]. The summed E-state index contributed by atoms with van der Waals surface area (Å²) in [5.74, 6) is 0. The van der Waals surface area contributed by atoms with Crippen LogP contribution in [0.15, 0.2) is 66.8 Å². The van der Waals surface area contributed by atoms with Crippen LogP contribution in [-0.2, 0) is 20.0 Å². The second-order valence-corrected chi connectivity index (χ2v) is 3.49. The van der Waals surface area contributed by atoms with E-state index in [1.165, 1.54) is 0 Å². The molecular weight excluding hydrogens is 264 g/mol. The monoisotopic (exact) mass is 283 g/mol. The van der Waals surface area contributed by atoms with Crippen LogP contribution < -0.4 is 0 Å². The number of allylic oxidation sites excluding steroid dienone is 8. The van der Waals surface area contributed by atoms with Crippen molar-refractivity contribution in [3.63, 3.8) is 0 Å². The third-order valence-electron chi connectivity index (χ3n) is 2.01. The molecule has 0 unspecified atom stereocenters. The summed E-state index contributed by atoms with van der Waals surface area (Å²) in [5, 5.41) is 0. The van der Waals surface area contributed by atoms with Gasteiger partial charge < -0.3 is 0 Å². The summed E-state index contributed by atoms with van der Waals surface area (Å²) < 4.78 is 0. The van der Waals surface area contributed by atoms with Crippen molar-refractivity contribution in [3.05, 3.63) is 91.4 Å². The molecule has 0 aliphatic heterocycles. The molecule has 1 aromatic carbocycles. The van der Waals surface area contributed by atoms with Gasteiger partial charge in [-0.05, 0) is 0 Å². The van der Waals surface area contributed by atoms with Gasteiger partial charge in [0.05, 0.1) is 0 Å². The van der Waals surface area contributed by atoms with Crippen molar-refractivity contribution in [1.82, 2.24) is 0 Å². The van der Waals surface area contributed by atoms with Gasteiger partial charge in [-0.2, -0.15) is 36.8 Å². The quantitative estimate of drug-likeness (QED) is 0.487. The van der Waals surface area contributed by atoms with Crippen LogP contribution in [0.4, 0.5) is 0 Å². The Morgan fingerprint density at radius 1 is 0.895 bits per heavy atom. The van der Waals surface area contributed by atoms with Crippen molar-refractivity contribution in [2.75, 3.05) is 0 Å². The van der Waals surface area contributed by atoms with Crippen molar-refractivity contribution in [3.8, 4) is 0 Å². The Labute approximate surface area is 129 Å². The minimum absolute atomic E-state index is 1.01. The molecule has 0 nitrogen and oxygen atoms in total. The molecule has 19 heavy (non-hydrogen) atoms. The van der Waals surface area contributed by atoms with Crippen LogP contribution >= 0.6 is 0 Å². The second-order valence-electron chi connectivity index (χ2n) is 3.49. The van der Waals surface area contributed by atoms with Gasteiger partial charge in [0.2, 0.25) is 0 Å². The fourth-order valence-corrected chi connectivity index (χ4v) is 1.16. The molecule has 3 rings (SSSR count). The van der Waals surface area contributed by atoms with Gasteiger partial charge >= 0.3 is 24.8 Å². The minimum atomic E-state index is 1.01. The van der Waals surface area contributed by atoms with Crippen LogP contribution in [0.5, 0.6) is 0 Å². The molecule has 0 saturated heterocycles. The Balaban J connectivity index is 0.000000244. The van der Waals surface area contributed by atoms with Crippen LogP contribution in [0.1, 0.15) is 18.4 Å². The Kier molecular flexibility index (Phi) is 13.6. The van der Waals surface area contributed by atoms with E-state index in [-0.39, 0.29) is 0 Å². The standard InChI is InChI=1S/C7H7.2C5H5.CH2.Ti/c1-7-5-3-2-4-6-7;2*1-2-4-5-3-1;;/h2-6H,1H2;2*1-3H,4H2;1H2;/q3*-1;;. The van der Waals surface area contributed by atoms with Crippen LogP contribution in [0, 0.1) is 19.1 Å². The first kappa shape index (κ1) is 17.6. The zero-order chi connectivity index (χ0) is 14.2. The van der Waals surface area contributed by atoms with E-state index in [4.69, 9.17) is 0 Å². The Morgan fingerprint density at radius 3 is 1.53 bits per heavy atom. The molecule has 0 N–H and O–H groups in total. The van der Waals surface area contributed by atoms with E-state index in [0.717, 1.165) is 18.4 Å². The molecule has 98 valence electrons. The van der Waals surface area contributed by atoms with E-state index in [2.05, 4.69) is 36.0 Å². The molecule has 0 bridgehead atoms. The van der Waals surface area contributed by atoms with Crippen LogP contribution in [0.3, 0.4) is 0 Å². The molecule has 1 aromatic rings. The molecule has 0 aromatic heterocycles. The van der Waals surface area contributed by atoms with Gasteiger partial charge in [-0.1, -0.05) is 6.07 Å². The number of hydrogen-bond donors (Lipinski definition) is 0. The third kappa shape index (κ3) is 12.9. The molecule has 0 saturated carbocycles. The first-order valence-electron chi connectivity index (χ1n) is 6.05. The topological polar surface area (TPSA) is 0 Å². The van der Waals surface area contributed by atoms with Gasteiger partial charge in [0.25, 0.3) is 0 Å². The zero-order valence-electron chi connectivity index (χ0n) is 11.2. The summed E-state index contributed by atoms with van der Waals surface area (Å²) in [7, 11) is 0. The number of benzene rings is 1. The van der Waals surface area contributed by atoms with Crippen molar-refractivity contribution < 1.29 is 20.0 Å². The van der Waals surface area contributed by atoms with Gasteiger partial charge in [0.15, 0.2) is 0 Å². The van der Waals surface area contributed by atoms with E-state index in [9.17, 15) is 0 Å². The normalized spacial score (nSPS) is 12.6.